The standard InChI is InChI=1S/C22H21FN6O3S/c1-15-21(13-26-32-15)33(30,31)28-11-2-4-17(14-28)20-12-19(16-5-7-18(23)8-6-16)27-29(20)22-24-9-3-10-25-22/h3,5-10,12-13,17H,2,4,11,14H2,1H3. The van der Waals surface area contributed by atoms with E-state index in [1.54, 1.807) is 42.2 Å². The Morgan fingerprint density at radius 2 is 1.91 bits per heavy atom. The number of benzene rings is 1. The molecule has 0 N–H and O–H groups in total. The lowest BCUT2D eigenvalue weighted by atomic mass is 9.95. The van der Waals surface area contributed by atoms with Crippen LogP contribution in [-0.2, 0) is 10.0 Å². The summed E-state index contributed by atoms with van der Waals surface area (Å²) in [5.41, 5.74) is 2.17. The van der Waals surface area contributed by atoms with Crippen LogP contribution in [0.25, 0.3) is 17.2 Å². The first kappa shape index (κ1) is 21.4. The summed E-state index contributed by atoms with van der Waals surface area (Å²) in [6.07, 6.45) is 5.94. The fourth-order valence-electron chi connectivity index (χ4n) is 4.09. The van der Waals surface area contributed by atoms with Gasteiger partial charge in [0.15, 0.2) is 5.76 Å². The van der Waals surface area contributed by atoms with Crippen LogP contribution in [0.15, 0.2) is 64.4 Å². The van der Waals surface area contributed by atoms with Crippen molar-refractivity contribution in [3.63, 3.8) is 0 Å². The molecule has 0 saturated carbocycles. The third-order valence-corrected chi connectivity index (χ3v) is 7.71. The van der Waals surface area contributed by atoms with Gasteiger partial charge >= 0.3 is 0 Å². The van der Waals surface area contributed by atoms with Crippen molar-refractivity contribution in [2.24, 2.45) is 0 Å². The summed E-state index contributed by atoms with van der Waals surface area (Å²) < 4.78 is 47.9. The predicted molar refractivity (Wildman–Crippen MR) is 117 cm³/mol. The first-order chi connectivity index (χ1) is 15.9. The van der Waals surface area contributed by atoms with E-state index in [9.17, 15) is 12.8 Å². The Morgan fingerprint density at radius 1 is 1.15 bits per heavy atom. The highest BCUT2D eigenvalue weighted by Gasteiger charge is 2.35. The van der Waals surface area contributed by atoms with E-state index in [-0.39, 0.29) is 28.9 Å². The highest BCUT2D eigenvalue weighted by molar-refractivity contribution is 7.89. The van der Waals surface area contributed by atoms with Crippen molar-refractivity contribution in [2.75, 3.05) is 13.1 Å². The zero-order valence-electron chi connectivity index (χ0n) is 17.8. The van der Waals surface area contributed by atoms with E-state index in [1.165, 1.54) is 22.6 Å². The maximum absolute atomic E-state index is 13.4. The van der Waals surface area contributed by atoms with Gasteiger partial charge in [0.2, 0.25) is 10.0 Å². The lowest BCUT2D eigenvalue weighted by Crippen LogP contribution is -2.39. The summed E-state index contributed by atoms with van der Waals surface area (Å²) in [5.74, 6) is 0.176. The molecule has 1 atom stereocenters. The Balaban J connectivity index is 1.53. The number of hydrogen-bond acceptors (Lipinski definition) is 7. The largest absolute Gasteiger partial charge is 0.360 e. The second-order valence-electron chi connectivity index (χ2n) is 7.87. The molecule has 3 aromatic heterocycles. The number of sulfonamides is 1. The summed E-state index contributed by atoms with van der Waals surface area (Å²) in [7, 11) is -3.74. The molecule has 1 aromatic carbocycles. The van der Waals surface area contributed by atoms with Crippen LogP contribution in [-0.4, -0.2) is 50.7 Å². The fraction of sp³-hybridized carbons (Fsp3) is 0.273. The maximum Gasteiger partial charge on any atom is 0.250 e. The van der Waals surface area contributed by atoms with Crippen molar-refractivity contribution in [1.29, 1.82) is 0 Å². The molecule has 0 amide bonds. The van der Waals surface area contributed by atoms with Gasteiger partial charge in [-0.3, -0.25) is 0 Å². The van der Waals surface area contributed by atoms with Crippen LogP contribution in [0.4, 0.5) is 4.39 Å². The Labute approximate surface area is 189 Å². The monoisotopic (exact) mass is 468 g/mol. The molecule has 1 unspecified atom stereocenters. The molecule has 1 aliphatic rings. The lowest BCUT2D eigenvalue weighted by Gasteiger charge is -2.31. The van der Waals surface area contributed by atoms with Gasteiger partial charge in [-0.25, -0.2) is 27.5 Å². The Hall–Kier alpha value is -3.44. The van der Waals surface area contributed by atoms with E-state index >= 15 is 0 Å². The van der Waals surface area contributed by atoms with Gasteiger partial charge in [-0.15, -0.1) is 0 Å². The van der Waals surface area contributed by atoms with Crippen molar-refractivity contribution >= 4 is 10.0 Å². The molecule has 0 radical (unpaired) electrons. The van der Waals surface area contributed by atoms with Crippen molar-refractivity contribution < 1.29 is 17.3 Å². The minimum Gasteiger partial charge on any atom is -0.360 e. The number of aryl methyl sites for hydroxylation is 1. The molecule has 0 bridgehead atoms. The van der Waals surface area contributed by atoms with Gasteiger partial charge in [0.25, 0.3) is 5.95 Å². The summed E-state index contributed by atoms with van der Waals surface area (Å²) in [5, 5.41) is 8.30. The van der Waals surface area contributed by atoms with E-state index in [1.807, 2.05) is 6.07 Å². The van der Waals surface area contributed by atoms with Crippen molar-refractivity contribution in [1.82, 2.24) is 29.2 Å². The number of piperidine rings is 1. The summed E-state index contributed by atoms with van der Waals surface area (Å²) in [4.78, 5) is 8.72. The number of aromatic nitrogens is 5. The van der Waals surface area contributed by atoms with Gasteiger partial charge in [-0.1, -0.05) is 5.16 Å². The third kappa shape index (κ3) is 4.05. The molecule has 0 aliphatic carbocycles. The summed E-state index contributed by atoms with van der Waals surface area (Å²) >= 11 is 0. The van der Waals surface area contributed by atoms with E-state index < -0.39 is 10.0 Å². The molecule has 170 valence electrons. The lowest BCUT2D eigenvalue weighted by molar-refractivity contribution is 0.309. The second-order valence-corrected chi connectivity index (χ2v) is 9.78. The summed E-state index contributed by atoms with van der Waals surface area (Å²) in [6.45, 7) is 2.26. The van der Waals surface area contributed by atoms with Gasteiger partial charge < -0.3 is 4.52 Å². The molecular weight excluding hydrogens is 447 g/mol. The topological polar surface area (TPSA) is 107 Å². The van der Waals surface area contributed by atoms with Crippen molar-refractivity contribution in [3.8, 4) is 17.2 Å². The van der Waals surface area contributed by atoms with Crippen LogP contribution >= 0.6 is 0 Å². The maximum atomic E-state index is 13.4. The molecule has 1 saturated heterocycles. The highest BCUT2D eigenvalue weighted by atomic mass is 32.2. The first-order valence-corrected chi connectivity index (χ1v) is 11.9. The molecule has 4 aromatic rings. The Morgan fingerprint density at radius 3 is 2.61 bits per heavy atom. The number of hydrogen-bond donors (Lipinski definition) is 0. The van der Waals surface area contributed by atoms with E-state index in [2.05, 4.69) is 20.2 Å². The van der Waals surface area contributed by atoms with Gasteiger partial charge in [0.1, 0.15) is 10.7 Å². The van der Waals surface area contributed by atoms with E-state index in [0.29, 0.717) is 24.6 Å². The van der Waals surface area contributed by atoms with Crippen LogP contribution in [0, 0.1) is 12.7 Å². The molecule has 33 heavy (non-hydrogen) atoms. The van der Waals surface area contributed by atoms with Gasteiger partial charge in [0.05, 0.1) is 17.6 Å². The number of halogens is 1. The predicted octanol–water partition coefficient (Wildman–Crippen LogP) is 3.33. The average molecular weight is 469 g/mol. The van der Waals surface area contributed by atoms with Gasteiger partial charge in [0, 0.05) is 37.0 Å². The second kappa shape index (κ2) is 8.49. The Kier molecular flexibility index (Phi) is 5.51. The fourth-order valence-corrected chi connectivity index (χ4v) is 5.69. The van der Waals surface area contributed by atoms with Crippen LogP contribution in [0.5, 0.6) is 0 Å². The molecule has 1 fully saturated rings. The van der Waals surface area contributed by atoms with Crippen LogP contribution in [0.3, 0.4) is 0 Å². The minimum atomic E-state index is -3.74. The van der Waals surface area contributed by atoms with E-state index in [4.69, 9.17) is 4.52 Å². The van der Waals surface area contributed by atoms with Gasteiger partial charge in [-0.2, -0.15) is 9.40 Å². The number of nitrogens with zero attached hydrogens (tertiary/aromatic N) is 6. The SMILES string of the molecule is Cc1oncc1S(=O)(=O)N1CCCC(c2cc(-c3ccc(F)cc3)nn2-c2ncccn2)C1. The molecule has 1 aliphatic heterocycles. The van der Waals surface area contributed by atoms with Crippen molar-refractivity contribution in [3.05, 3.63) is 72.3 Å². The molecule has 5 rings (SSSR count). The quantitative estimate of drug-likeness (QED) is 0.442. The van der Waals surface area contributed by atoms with Crippen LogP contribution in [0.2, 0.25) is 0 Å². The molecule has 4 heterocycles. The minimum absolute atomic E-state index is 0.0788. The normalized spacial score (nSPS) is 17.3. The van der Waals surface area contributed by atoms with Crippen LogP contribution in [0.1, 0.15) is 30.2 Å². The Bertz CT molecular complexity index is 1370. The van der Waals surface area contributed by atoms with Gasteiger partial charge in [-0.05, 0) is 56.2 Å². The third-order valence-electron chi connectivity index (χ3n) is 5.75. The van der Waals surface area contributed by atoms with Crippen LogP contribution < -0.4 is 0 Å². The zero-order valence-corrected chi connectivity index (χ0v) is 18.6. The molecule has 0 spiro atoms. The van der Waals surface area contributed by atoms with Crippen molar-refractivity contribution in [2.45, 2.75) is 30.6 Å². The zero-order chi connectivity index (χ0) is 23.0. The summed E-state index contributed by atoms with van der Waals surface area (Å²) in [6, 6.07) is 9.68. The number of rotatable bonds is 5. The molecule has 11 heteroatoms. The smallest absolute Gasteiger partial charge is 0.250 e. The van der Waals surface area contributed by atoms with E-state index in [0.717, 1.165) is 17.7 Å². The molecule has 9 nitrogen and oxygen atoms in total. The molecular formula is C22H21FN6O3S. The average Bonchev–Trinajstić information content (AvgIpc) is 3.47. The highest BCUT2D eigenvalue weighted by Crippen LogP contribution is 2.34. The first-order valence-electron chi connectivity index (χ1n) is 10.5.